The topological polar surface area (TPSA) is 87.7 Å². The molecular formula is C26H30ClN3O4. The van der Waals surface area contributed by atoms with Gasteiger partial charge in [-0.1, -0.05) is 23.7 Å². The normalized spacial score (nSPS) is 17.7. The molecule has 2 aromatic rings. The minimum atomic E-state index is -0.206. The van der Waals surface area contributed by atoms with E-state index in [-0.39, 0.29) is 30.2 Å². The lowest BCUT2D eigenvalue weighted by Crippen LogP contribution is -2.45. The molecule has 1 aliphatic carbocycles. The summed E-state index contributed by atoms with van der Waals surface area (Å²) >= 11 is 5.91. The third-order valence-electron chi connectivity index (χ3n) is 6.12. The number of halogens is 1. The Balaban J connectivity index is 1.18. The van der Waals surface area contributed by atoms with Crippen molar-refractivity contribution in [2.75, 3.05) is 26.2 Å². The third-order valence-corrected chi connectivity index (χ3v) is 6.37. The van der Waals surface area contributed by atoms with Crippen LogP contribution >= 0.6 is 11.6 Å². The van der Waals surface area contributed by atoms with Crippen molar-refractivity contribution in [3.63, 3.8) is 0 Å². The molecule has 0 spiro atoms. The molecule has 7 nitrogen and oxygen atoms in total. The second-order valence-corrected chi connectivity index (χ2v) is 9.35. The van der Waals surface area contributed by atoms with Gasteiger partial charge in [-0.25, -0.2) is 0 Å². The second kappa shape index (κ2) is 11.4. The average molecular weight is 484 g/mol. The zero-order chi connectivity index (χ0) is 23.9. The molecular weight excluding hydrogens is 454 g/mol. The molecule has 1 saturated carbocycles. The van der Waals surface area contributed by atoms with Gasteiger partial charge >= 0.3 is 0 Å². The van der Waals surface area contributed by atoms with Crippen LogP contribution < -0.4 is 15.4 Å². The van der Waals surface area contributed by atoms with E-state index >= 15 is 0 Å². The minimum Gasteiger partial charge on any atom is -0.484 e. The zero-order valence-electron chi connectivity index (χ0n) is 19.1. The number of amides is 3. The predicted molar refractivity (Wildman–Crippen MR) is 130 cm³/mol. The van der Waals surface area contributed by atoms with Crippen molar-refractivity contribution in [3.05, 3.63) is 64.7 Å². The van der Waals surface area contributed by atoms with Gasteiger partial charge < -0.3 is 20.3 Å². The average Bonchev–Trinajstić information content (AvgIpc) is 3.67. The number of ether oxygens (including phenoxy) is 1. The van der Waals surface area contributed by atoms with Crippen molar-refractivity contribution < 1.29 is 19.1 Å². The zero-order valence-corrected chi connectivity index (χ0v) is 19.9. The molecule has 1 aliphatic heterocycles. The van der Waals surface area contributed by atoms with Gasteiger partial charge in [-0.2, -0.15) is 0 Å². The highest BCUT2D eigenvalue weighted by molar-refractivity contribution is 6.30. The van der Waals surface area contributed by atoms with Gasteiger partial charge in [0.05, 0.1) is 5.92 Å². The van der Waals surface area contributed by atoms with Crippen molar-refractivity contribution in [3.8, 4) is 5.75 Å². The van der Waals surface area contributed by atoms with E-state index in [0.29, 0.717) is 48.4 Å². The number of hydrogen-bond acceptors (Lipinski definition) is 4. The lowest BCUT2D eigenvalue weighted by Gasteiger charge is -2.32. The minimum absolute atomic E-state index is 0.0183. The molecule has 1 atom stereocenters. The maximum Gasteiger partial charge on any atom is 0.258 e. The lowest BCUT2D eigenvalue weighted by molar-refractivity contribution is -0.126. The van der Waals surface area contributed by atoms with Gasteiger partial charge in [0.1, 0.15) is 5.75 Å². The van der Waals surface area contributed by atoms with E-state index in [2.05, 4.69) is 10.6 Å². The number of piperidine rings is 1. The van der Waals surface area contributed by atoms with Crippen LogP contribution in [0, 0.1) is 5.92 Å². The first-order chi connectivity index (χ1) is 16.5. The van der Waals surface area contributed by atoms with Crippen LogP contribution in [0.3, 0.4) is 0 Å². The molecule has 2 N–H and O–H groups in total. The summed E-state index contributed by atoms with van der Waals surface area (Å²) in [7, 11) is 0. The summed E-state index contributed by atoms with van der Waals surface area (Å²) in [6, 6.07) is 14.7. The van der Waals surface area contributed by atoms with Crippen LogP contribution in [0.4, 0.5) is 0 Å². The van der Waals surface area contributed by atoms with Crippen LogP contribution in [-0.4, -0.2) is 54.9 Å². The number of likely N-dealkylation sites (tertiary alicyclic amines) is 1. The summed E-state index contributed by atoms with van der Waals surface area (Å²) in [6.45, 7) is 1.62. The van der Waals surface area contributed by atoms with Gasteiger partial charge in [-0.15, -0.1) is 0 Å². The van der Waals surface area contributed by atoms with E-state index in [1.54, 1.807) is 29.2 Å². The molecule has 8 heteroatoms. The fourth-order valence-electron chi connectivity index (χ4n) is 4.02. The van der Waals surface area contributed by atoms with Gasteiger partial charge in [0.25, 0.3) is 11.8 Å². The molecule has 0 radical (unpaired) electrons. The van der Waals surface area contributed by atoms with E-state index in [4.69, 9.17) is 16.3 Å². The molecule has 0 bridgehead atoms. The second-order valence-electron chi connectivity index (χ2n) is 8.91. The Morgan fingerprint density at radius 3 is 2.44 bits per heavy atom. The number of rotatable bonds is 9. The molecule has 2 fully saturated rings. The van der Waals surface area contributed by atoms with E-state index in [9.17, 15) is 14.4 Å². The van der Waals surface area contributed by atoms with Crippen molar-refractivity contribution in [1.82, 2.24) is 15.5 Å². The number of carbonyl (C=O) groups is 3. The Morgan fingerprint density at radius 1 is 1.00 bits per heavy atom. The van der Waals surface area contributed by atoms with Crippen molar-refractivity contribution in [2.24, 2.45) is 5.92 Å². The highest BCUT2D eigenvalue weighted by atomic mass is 35.5. The van der Waals surface area contributed by atoms with Gasteiger partial charge in [0.15, 0.2) is 6.61 Å². The van der Waals surface area contributed by atoms with Crippen LogP contribution in [0.5, 0.6) is 5.75 Å². The fraction of sp³-hybridized carbons (Fsp3) is 0.423. The summed E-state index contributed by atoms with van der Waals surface area (Å²) in [5, 5.41) is 6.49. The monoisotopic (exact) mass is 483 g/mol. The van der Waals surface area contributed by atoms with Crippen LogP contribution in [-0.2, 0) is 16.0 Å². The quantitative estimate of drug-likeness (QED) is 0.573. The first-order valence-corrected chi connectivity index (χ1v) is 12.2. The smallest absolute Gasteiger partial charge is 0.258 e. The molecule has 1 heterocycles. The molecule has 2 aliphatic rings. The van der Waals surface area contributed by atoms with Crippen LogP contribution in [0.15, 0.2) is 48.5 Å². The summed E-state index contributed by atoms with van der Waals surface area (Å²) in [5.41, 5.74) is 1.65. The summed E-state index contributed by atoms with van der Waals surface area (Å²) in [5.74, 6) is 0.260. The number of nitrogens with one attached hydrogen (secondary N) is 2. The van der Waals surface area contributed by atoms with Gasteiger partial charge in [-0.05, 0) is 74.1 Å². The van der Waals surface area contributed by atoms with Gasteiger partial charge in [-0.3, -0.25) is 14.4 Å². The van der Waals surface area contributed by atoms with Crippen molar-refractivity contribution in [1.29, 1.82) is 0 Å². The Morgan fingerprint density at radius 2 is 1.74 bits per heavy atom. The van der Waals surface area contributed by atoms with E-state index < -0.39 is 0 Å². The fourth-order valence-corrected chi connectivity index (χ4v) is 4.15. The number of nitrogens with zero attached hydrogens (tertiary/aromatic N) is 1. The molecule has 2 aromatic carbocycles. The SMILES string of the molecule is O=C(COc1ccc(CCNC(=O)C2CCCN(C(=O)c3ccc(Cl)cc3)C2)cc1)NC1CC1. The molecule has 34 heavy (non-hydrogen) atoms. The van der Waals surface area contributed by atoms with Crippen molar-refractivity contribution in [2.45, 2.75) is 38.1 Å². The Labute approximate surface area is 204 Å². The highest BCUT2D eigenvalue weighted by Crippen LogP contribution is 2.20. The van der Waals surface area contributed by atoms with E-state index in [1.807, 2.05) is 24.3 Å². The molecule has 1 unspecified atom stereocenters. The Kier molecular flexibility index (Phi) is 8.06. The maximum absolute atomic E-state index is 12.8. The first kappa shape index (κ1) is 24.1. The van der Waals surface area contributed by atoms with Gasteiger partial charge in [0, 0.05) is 36.3 Å². The summed E-state index contributed by atoms with van der Waals surface area (Å²) < 4.78 is 5.52. The lowest BCUT2D eigenvalue weighted by atomic mass is 9.96. The summed E-state index contributed by atoms with van der Waals surface area (Å²) in [6.07, 6.45) is 4.37. The van der Waals surface area contributed by atoms with E-state index in [1.165, 1.54) is 0 Å². The molecule has 4 rings (SSSR count). The third kappa shape index (κ3) is 6.97. The first-order valence-electron chi connectivity index (χ1n) is 11.8. The Bertz CT molecular complexity index is 1010. The number of hydrogen-bond donors (Lipinski definition) is 2. The van der Waals surface area contributed by atoms with Crippen LogP contribution in [0.2, 0.25) is 5.02 Å². The predicted octanol–water partition coefficient (Wildman–Crippen LogP) is 3.21. The summed E-state index contributed by atoms with van der Waals surface area (Å²) in [4.78, 5) is 38.9. The number of benzene rings is 2. The molecule has 3 amide bonds. The maximum atomic E-state index is 12.8. The molecule has 180 valence electrons. The highest BCUT2D eigenvalue weighted by Gasteiger charge is 2.28. The van der Waals surface area contributed by atoms with E-state index in [0.717, 1.165) is 31.2 Å². The molecule has 0 aromatic heterocycles. The molecule has 1 saturated heterocycles. The standard InChI is InChI=1S/C26H30ClN3O4/c27-21-7-5-19(6-8-21)26(33)30-15-1-2-20(16-30)25(32)28-14-13-18-3-11-23(12-4-18)34-17-24(31)29-22-9-10-22/h3-8,11-12,20,22H,1-2,9-10,13-17H2,(H,28,32)(H,29,31). The van der Waals surface area contributed by atoms with Crippen LogP contribution in [0.25, 0.3) is 0 Å². The largest absolute Gasteiger partial charge is 0.484 e. The van der Waals surface area contributed by atoms with Crippen LogP contribution in [0.1, 0.15) is 41.6 Å². The Hall–Kier alpha value is -3.06. The van der Waals surface area contributed by atoms with Crippen molar-refractivity contribution >= 4 is 29.3 Å². The van der Waals surface area contributed by atoms with Gasteiger partial charge in [0.2, 0.25) is 5.91 Å². The number of carbonyl (C=O) groups excluding carboxylic acids is 3.